The first-order chi connectivity index (χ1) is 15.1. The molecule has 0 saturated carbocycles. The molecule has 0 spiro atoms. The predicted octanol–water partition coefficient (Wildman–Crippen LogP) is 2.86. The van der Waals surface area contributed by atoms with Gasteiger partial charge in [0.25, 0.3) is 0 Å². The molecule has 1 heterocycles. The van der Waals surface area contributed by atoms with Crippen LogP contribution in [0, 0.1) is 0 Å². The van der Waals surface area contributed by atoms with Crippen LogP contribution in [0.2, 0.25) is 0 Å². The van der Waals surface area contributed by atoms with Gasteiger partial charge in [-0.2, -0.15) is 0 Å². The maximum absolute atomic E-state index is 5.59. The van der Waals surface area contributed by atoms with Crippen molar-refractivity contribution in [2.45, 2.75) is 19.5 Å². The molecule has 0 radical (unpaired) electrons. The third kappa shape index (κ3) is 4.57. The first-order valence-corrected chi connectivity index (χ1v) is 10.1. The number of hydrogen-bond donors (Lipinski definition) is 1. The number of nitrogens with zero attached hydrogens (tertiary/aromatic N) is 2. The minimum atomic E-state index is 0.533. The van der Waals surface area contributed by atoms with E-state index in [-0.39, 0.29) is 0 Å². The number of nitrogens with one attached hydrogen (secondary N) is 1. The molecule has 0 unspecified atom stereocenters. The minimum absolute atomic E-state index is 0.533. The quantitative estimate of drug-likeness (QED) is 0.536. The van der Waals surface area contributed by atoms with Gasteiger partial charge in [-0.3, -0.25) is 4.99 Å². The van der Waals surface area contributed by atoms with E-state index in [1.807, 2.05) is 18.2 Å². The van der Waals surface area contributed by atoms with Crippen LogP contribution in [0.5, 0.6) is 28.7 Å². The van der Waals surface area contributed by atoms with Gasteiger partial charge < -0.3 is 33.9 Å². The van der Waals surface area contributed by atoms with Gasteiger partial charge in [-0.05, 0) is 41.8 Å². The molecule has 0 aliphatic carbocycles. The summed E-state index contributed by atoms with van der Waals surface area (Å²) >= 11 is 0. The second-order valence-electron chi connectivity index (χ2n) is 7.04. The van der Waals surface area contributed by atoms with E-state index in [2.05, 4.69) is 21.3 Å². The van der Waals surface area contributed by atoms with E-state index in [9.17, 15) is 0 Å². The van der Waals surface area contributed by atoms with Crippen LogP contribution in [0.15, 0.2) is 29.3 Å². The molecule has 0 atom stereocenters. The van der Waals surface area contributed by atoms with Crippen LogP contribution in [0.3, 0.4) is 0 Å². The number of guanidine groups is 1. The Hall–Kier alpha value is -3.29. The van der Waals surface area contributed by atoms with Crippen molar-refractivity contribution in [3.05, 3.63) is 41.0 Å². The van der Waals surface area contributed by atoms with Crippen LogP contribution in [0.1, 0.15) is 16.7 Å². The van der Waals surface area contributed by atoms with E-state index in [1.165, 1.54) is 11.1 Å². The van der Waals surface area contributed by atoms with Gasteiger partial charge in [0.2, 0.25) is 5.75 Å². The molecule has 2 aromatic rings. The fraction of sp³-hybridized carbons (Fsp3) is 0.435. The molecule has 168 valence electrons. The van der Waals surface area contributed by atoms with Crippen LogP contribution in [0.25, 0.3) is 0 Å². The highest BCUT2D eigenvalue weighted by Crippen LogP contribution is 2.39. The number of aliphatic imine (C=N–C) groups is 1. The Kier molecular flexibility index (Phi) is 7.33. The maximum Gasteiger partial charge on any atom is 0.203 e. The van der Waals surface area contributed by atoms with E-state index in [1.54, 1.807) is 42.6 Å². The van der Waals surface area contributed by atoms with E-state index >= 15 is 0 Å². The predicted molar refractivity (Wildman–Crippen MR) is 120 cm³/mol. The summed E-state index contributed by atoms with van der Waals surface area (Å²) in [6.07, 6.45) is 0.899. The van der Waals surface area contributed by atoms with Gasteiger partial charge in [-0.15, -0.1) is 0 Å². The Morgan fingerprint density at radius 2 is 1.52 bits per heavy atom. The summed E-state index contributed by atoms with van der Waals surface area (Å²) in [5.41, 5.74) is 3.42. The molecule has 1 N–H and O–H groups in total. The van der Waals surface area contributed by atoms with E-state index in [0.717, 1.165) is 42.5 Å². The van der Waals surface area contributed by atoms with Gasteiger partial charge in [0.1, 0.15) is 0 Å². The van der Waals surface area contributed by atoms with Crippen molar-refractivity contribution < 1.29 is 23.7 Å². The fourth-order valence-electron chi connectivity index (χ4n) is 3.87. The number of ether oxygens (including phenoxy) is 5. The lowest BCUT2D eigenvalue weighted by atomic mass is 9.99. The zero-order valence-corrected chi connectivity index (χ0v) is 19.1. The average Bonchev–Trinajstić information content (AvgIpc) is 2.82. The third-order valence-electron chi connectivity index (χ3n) is 5.45. The number of methoxy groups -OCH3 is 5. The standard InChI is InChI=1S/C23H31N3O5/c1-24-23(25-13-16-7-8-18(27-2)22(31-6)21(16)30-5)26-10-9-15-11-19(28-3)20(29-4)12-17(15)14-26/h7-8,11-12H,9-10,13-14H2,1-6H3,(H,24,25). The van der Waals surface area contributed by atoms with Gasteiger partial charge in [-0.1, -0.05) is 0 Å². The summed E-state index contributed by atoms with van der Waals surface area (Å²) in [5.74, 6) is 4.17. The van der Waals surface area contributed by atoms with E-state index in [0.29, 0.717) is 23.8 Å². The summed E-state index contributed by atoms with van der Waals surface area (Å²) in [7, 11) is 9.94. The zero-order chi connectivity index (χ0) is 22.4. The second kappa shape index (κ2) is 10.1. The third-order valence-corrected chi connectivity index (χ3v) is 5.45. The monoisotopic (exact) mass is 429 g/mol. The molecular weight excluding hydrogens is 398 g/mol. The van der Waals surface area contributed by atoms with Gasteiger partial charge in [0.05, 0.1) is 35.5 Å². The van der Waals surface area contributed by atoms with Gasteiger partial charge in [-0.25, -0.2) is 0 Å². The lowest BCUT2D eigenvalue weighted by Gasteiger charge is -2.32. The Labute approximate surface area is 183 Å². The largest absolute Gasteiger partial charge is 0.493 e. The number of rotatable bonds is 7. The molecule has 0 bridgehead atoms. The molecule has 1 aliphatic heterocycles. The number of fused-ring (bicyclic) bond motifs is 1. The van der Waals surface area contributed by atoms with Crippen LogP contribution in [0.4, 0.5) is 0 Å². The Bertz CT molecular complexity index is 945. The van der Waals surface area contributed by atoms with Crippen molar-refractivity contribution in [1.82, 2.24) is 10.2 Å². The molecule has 31 heavy (non-hydrogen) atoms. The Morgan fingerprint density at radius 3 is 2.10 bits per heavy atom. The molecule has 0 amide bonds. The van der Waals surface area contributed by atoms with Crippen LogP contribution in [-0.2, 0) is 19.5 Å². The van der Waals surface area contributed by atoms with Crippen molar-refractivity contribution >= 4 is 5.96 Å². The average molecular weight is 430 g/mol. The molecule has 2 aromatic carbocycles. The SMILES string of the molecule is CN=C(NCc1ccc(OC)c(OC)c1OC)N1CCc2cc(OC)c(OC)cc2C1. The topological polar surface area (TPSA) is 73.8 Å². The normalized spacial score (nSPS) is 13.4. The van der Waals surface area contributed by atoms with E-state index in [4.69, 9.17) is 23.7 Å². The number of hydrogen-bond acceptors (Lipinski definition) is 6. The first kappa shape index (κ1) is 22.4. The maximum atomic E-state index is 5.59. The Morgan fingerprint density at radius 1 is 0.871 bits per heavy atom. The zero-order valence-electron chi connectivity index (χ0n) is 19.1. The molecule has 3 rings (SSSR count). The molecule has 8 nitrogen and oxygen atoms in total. The molecular formula is C23H31N3O5. The summed E-state index contributed by atoms with van der Waals surface area (Å²) < 4.78 is 27.4. The Balaban J connectivity index is 1.76. The lowest BCUT2D eigenvalue weighted by molar-refractivity contribution is 0.321. The van der Waals surface area contributed by atoms with Gasteiger partial charge >= 0.3 is 0 Å². The van der Waals surface area contributed by atoms with Crippen molar-refractivity contribution in [2.75, 3.05) is 49.1 Å². The second-order valence-corrected chi connectivity index (χ2v) is 7.04. The summed E-state index contributed by atoms with van der Waals surface area (Å²) in [5, 5.41) is 3.44. The highest BCUT2D eigenvalue weighted by molar-refractivity contribution is 5.80. The minimum Gasteiger partial charge on any atom is -0.493 e. The highest BCUT2D eigenvalue weighted by atomic mass is 16.5. The summed E-state index contributed by atoms with van der Waals surface area (Å²) in [6.45, 7) is 2.12. The lowest BCUT2D eigenvalue weighted by Crippen LogP contribution is -2.43. The molecule has 1 aliphatic rings. The van der Waals surface area contributed by atoms with Crippen molar-refractivity contribution in [1.29, 1.82) is 0 Å². The fourth-order valence-corrected chi connectivity index (χ4v) is 3.87. The first-order valence-electron chi connectivity index (χ1n) is 10.1. The van der Waals surface area contributed by atoms with Crippen molar-refractivity contribution in [3.63, 3.8) is 0 Å². The summed E-state index contributed by atoms with van der Waals surface area (Å²) in [4.78, 5) is 6.71. The van der Waals surface area contributed by atoms with Gasteiger partial charge in [0, 0.05) is 32.2 Å². The molecule has 0 saturated heterocycles. The van der Waals surface area contributed by atoms with Gasteiger partial charge in [0.15, 0.2) is 29.0 Å². The van der Waals surface area contributed by atoms with Crippen LogP contribution in [-0.4, -0.2) is 60.0 Å². The number of benzene rings is 2. The van der Waals surface area contributed by atoms with Crippen molar-refractivity contribution in [3.8, 4) is 28.7 Å². The van der Waals surface area contributed by atoms with Crippen molar-refractivity contribution in [2.24, 2.45) is 4.99 Å². The molecule has 0 fully saturated rings. The molecule has 8 heteroatoms. The van der Waals surface area contributed by atoms with Crippen LogP contribution >= 0.6 is 0 Å². The highest BCUT2D eigenvalue weighted by Gasteiger charge is 2.22. The summed E-state index contributed by atoms with van der Waals surface area (Å²) in [6, 6.07) is 7.95. The smallest absolute Gasteiger partial charge is 0.203 e. The molecule has 0 aromatic heterocycles. The van der Waals surface area contributed by atoms with E-state index < -0.39 is 0 Å². The van der Waals surface area contributed by atoms with Crippen LogP contribution < -0.4 is 29.0 Å².